The summed E-state index contributed by atoms with van der Waals surface area (Å²) in [4.78, 5) is 31.7. The van der Waals surface area contributed by atoms with Gasteiger partial charge in [0.25, 0.3) is 5.91 Å². The topological polar surface area (TPSA) is 103 Å². The summed E-state index contributed by atoms with van der Waals surface area (Å²) in [6.07, 6.45) is 2.42. The standard InChI is InChI=1S/C19H24N6O2.2ClH/c1-12-4-2-6-16(21-12)22-18(26)13-5-3-9-25(11-13)19(27)17-14-10-20-8-7-15(14)23-24-17;;/h2,4,6,13,20H,3,5,7-11H2,1H3,(H,23,24)(H,21,22,26);2*1H. The molecule has 10 heteroatoms. The van der Waals surface area contributed by atoms with E-state index in [1.165, 1.54) is 0 Å². The first-order valence-corrected chi connectivity index (χ1v) is 9.42. The second-order valence-corrected chi connectivity index (χ2v) is 7.20. The normalized spacial score (nSPS) is 18.1. The zero-order valence-electron chi connectivity index (χ0n) is 16.2. The minimum absolute atomic E-state index is 0. The highest BCUT2D eigenvalue weighted by Gasteiger charge is 2.32. The minimum atomic E-state index is -0.238. The van der Waals surface area contributed by atoms with Crippen molar-refractivity contribution in [2.24, 2.45) is 5.92 Å². The van der Waals surface area contributed by atoms with E-state index in [4.69, 9.17) is 0 Å². The number of piperidine rings is 1. The number of aryl methyl sites for hydroxylation is 1. The van der Waals surface area contributed by atoms with Crippen LogP contribution in [0.3, 0.4) is 0 Å². The molecule has 2 aliphatic rings. The highest BCUT2D eigenvalue weighted by Crippen LogP contribution is 2.22. The number of aromatic nitrogens is 3. The molecule has 0 spiro atoms. The second-order valence-electron chi connectivity index (χ2n) is 7.20. The Labute approximate surface area is 182 Å². The Balaban J connectivity index is 0.00000150. The molecule has 4 heterocycles. The van der Waals surface area contributed by atoms with Gasteiger partial charge in [0.05, 0.1) is 5.92 Å². The zero-order valence-corrected chi connectivity index (χ0v) is 17.9. The quantitative estimate of drug-likeness (QED) is 0.677. The van der Waals surface area contributed by atoms with E-state index in [-0.39, 0.29) is 42.5 Å². The third-order valence-corrected chi connectivity index (χ3v) is 5.23. The van der Waals surface area contributed by atoms with E-state index in [0.29, 0.717) is 31.1 Å². The summed E-state index contributed by atoms with van der Waals surface area (Å²) in [7, 11) is 0. The van der Waals surface area contributed by atoms with Crippen LogP contribution in [0.4, 0.5) is 5.82 Å². The summed E-state index contributed by atoms with van der Waals surface area (Å²) in [5, 5.41) is 13.4. The van der Waals surface area contributed by atoms with Gasteiger partial charge in [0.2, 0.25) is 5.91 Å². The van der Waals surface area contributed by atoms with Crippen molar-refractivity contribution < 1.29 is 9.59 Å². The number of fused-ring (bicyclic) bond motifs is 1. The summed E-state index contributed by atoms with van der Waals surface area (Å²) in [6.45, 7) is 4.49. The smallest absolute Gasteiger partial charge is 0.274 e. The van der Waals surface area contributed by atoms with Crippen LogP contribution in [0.2, 0.25) is 0 Å². The van der Waals surface area contributed by atoms with Gasteiger partial charge in [-0.05, 0) is 31.9 Å². The van der Waals surface area contributed by atoms with Gasteiger partial charge in [-0.15, -0.1) is 24.8 Å². The molecular weight excluding hydrogens is 415 g/mol. The highest BCUT2D eigenvalue weighted by atomic mass is 35.5. The first kappa shape index (κ1) is 23.1. The first-order chi connectivity index (χ1) is 13.1. The molecule has 0 aromatic carbocycles. The summed E-state index contributed by atoms with van der Waals surface area (Å²) in [6, 6.07) is 5.53. The van der Waals surface area contributed by atoms with Crippen LogP contribution in [0.5, 0.6) is 0 Å². The third kappa shape index (κ3) is 5.07. The van der Waals surface area contributed by atoms with Crippen molar-refractivity contribution in [2.75, 3.05) is 25.0 Å². The molecule has 158 valence electrons. The maximum Gasteiger partial charge on any atom is 0.274 e. The maximum absolute atomic E-state index is 13.0. The van der Waals surface area contributed by atoms with E-state index < -0.39 is 0 Å². The van der Waals surface area contributed by atoms with Gasteiger partial charge in [-0.2, -0.15) is 5.10 Å². The number of likely N-dealkylation sites (tertiary alicyclic amines) is 1. The Morgan fingerprint density at radius 2 is 2.10 bits per heavy atom. The van der Waals surface area contributed by atoms with Crippen molar-refractivity contribution in [3.05, 3.63) is 40.8 Å². The predicted molar refractivity (Wildman–Crippen MR) is 115 cm³/mol. The van der Waals surface area contributed by atoms with Gasteiger partial charge in [-0.3, -0.25) is 14.7 Å². The van der Waals surface area contributed by atoms with Crippen molar-refractivity contribution in [3.8, 4) is 0 Å². The average molecular weight is 441 g/mol. The summed E-state index contributed by atoms with van der Waals surface area (Å²) >= 11 is 0. The Hall–Kier alpha value is -2.16. The number of anilines is 1. The van der Waals surface area contributed by atoms with Crippen molar-refractivity contribution in [2.45, 2.75) is 32.7 Å². The van der Waals surface area contributed by atoms with Crippen LogP contribution in [0, 0.1) is 12.8 Å². The van der Waals surface area contributed by atoms with E-state index in [1.807, 2.05) is 19.1 Å². The summed E-state index contributed by atoms with van der Waals surface area (Å²) < 4.78 is 0. The lowest BCUT2D eigenvalue weighted by Crippen LogP contribution is -2.44. The molecule has 1 atom stereocenters. The fourth-order valence-corrected chi connectivity index (χ4v) is 3.77. The van der Waals surface area contributed by atoms with Crippen molar-refractivity contribution in [1.29, 1.82) is 0 Å². The molecule has 8 nitrogen and oxygen atoms in total. The van der Waals surface area contributed by atoms with Crippen LogP contribution in [-0.2, 0) is 17.8 Å². The first-order valence-electron chi connectivity index (χ1n) is 9.42. The molecule has 0 aliphatic carbocycles. The van der Waals surface area contributed by atoms with Crippen LogP contribution < -0.4 is 10.6 Å². The third-order valence-electron chi connectivity index (χ3n) is 5.23. The van der Waals surface area contributed by atoms with Gasteiger partial charge in [-0.1, -0.05) is 6.07 Å². The predicted octanol–water partition coefficient (Wildman–Crippen LogP) is 2.09. The molecule has 29 heavy (non-hydrogen) atoms. The van der Waals surface area contributed by atoms with E-state index in [9.17, 15) is 9.59 Å². The number of nitrogens with zero attached hydrogens (tertiary/aromatic N) is 3. The van der Waals surface area contributed by atoms with Gasteiger partial charge in [0.1, 0.15) is 5.82 Å². The molecule has 3 N–H and O–H groups in total. The number of amides is 2. The largest absolute Gasteiger partial charge is 0.336 e. The molecule has 2 aromatic heterocycles. The number of hydrogen-bond acceptors (Lipinski definition) is 5. The monoisotopic (exact) mass is 440 g/mol. The molecule has 1 fully saturated rings. The molecule has 1 saturated heterocycles. The Morgan fingerprint density at radius 1 is 1.28 bits per heavy atom. The Morgan fingerprint density at radius 3 is 2.90 bits per heavy atom. The molecule has 2 amide bonds. The molecule has 0 saturated carbocycles. The number of carbonyl (C=O) groups is 2. The van der Waals surface area contributed by atoms with Gasteiger partial charge in [0.15, 0.2) is 5.69 Å². The lowest BCUT2D eigenvalue weighted by atomic mass is 9.96. The average Bonchev–Trinajstić information content (AvgIpc) is 3.11. The number of halogens is 2. The zero-order chi connectivity index (χ0) is 18.8. The highest BCUT2D eigenvalue weighted by molar-refractivity contribution is 5.96. The van der Waals surface area contributed by atoms with E-state index in [2.05, 4.69) is 25.8 Å². The van der Waals surface area contributed by atoms with Crippen LogP contribution in [-0.4, -0.2) is 51.5 Å². The van der Waals surface area contributed by atoms with Crippen molar-refractivity contribution in [3.63, 3.8) is 0 Å². The fraction of sp³-hybridized carbons (Fsp3) is 0.474. The number of nitrogens with one attached hydrogen (secondary N) is 3. The number of pyridine rings is 1. The van der Waals surface area contributed by atoms with Gasteiger partial charge in [0, 0.05) is 49.6 Å². The van der Waals surface area contributed by atoms with Crippen LogP contribution in [0.15, 0.2) is 18.2 Å². The van der Waals surface area contributed by atoms with Gasteiger partial charge >= 0.3 is 0 Å². The second kappa shape index (κ2) is 10.0. The molecule has 2 aliphatic heterocycles. The Bertz CT molecular complexity index is 872. The lowest BCUT2D eigenvalue weighted by molar-refractivity contribution is -0.121. The van der Waals surface area contributed by atoms with Gasteiger partial charge in [-0.25, -0.2) is 4.98 Å². The number of aromatic amines is 1. The van der Waals surface area contributed by atoms with E-state index in [0.717, 1.165) is 42.8 Å². The number of hydrogen-bond donors (Lipinski definition) is 3. The van der Waals surface area contributed by atoms with Crippen LogP contribution >= 0.6 is 24.8 Å². The molecule has 2 aromatic rings. The van der Waals surface area contributed by atoms with Crippen LogP contribution in [0.1, 0.15) is 40.3 Å². The number of carbonyl (C=O) groups excluding carboxylic acids is 2. The molecule has 0 radical (unpaired) electrons. The van der Waals surface area contributed by atoms with Crippen molar-refractivity contribution in [1.82, 2.24) is 25.4 Å². The molecule has 4 rings (SSSR count). The van der Waals surface area contributed by atoms with E-state index in [1.54, 1.807) is 11.0 Å². The molecular formula is C19H26Cl2N6O2. The lowest BCUT2D eigenvalue weighted by Gasteiger charge is -2.31. The maximum atomic E-state index is 13.0. The van der Waals surface area contributed by atoms with E-state index >= 15 is 0 Å². The van der Waals surface area contributed by atoms with Gasteiger partial charge < -0.3 is 15.5 Å². The SMILES string of the molecule is Cc1cccc(NC(=O)C2CCCN(C(=O)c3n[nH]c4c3CNCC4)C2)n1.Cl.Cl. The number of rotatable bonds is 3. The molecule has 1 unspecified atom stereocenters. The Kier molecular flexibility index (Phi) is 8.01. The van der Waals surface area contributed by atoms with Crippen LogP contribution in [0.25, 0.3) is 0 Å². The summed E-state index contributed by atoms with van der Waals surface area (Å²) in [5.74, 6) is 0.132. The van der Waals surface area contributed by atoms with Crippen molar-refractivity contribution >= 4 is 42.4 Å². The number of H-pyrrole nitrogens is 1. The minimum Gasteiger partial charge on any atom is -0.336 e. The summed E-state index contributed by atoms with van der Waals surface area (Å²) in [5.41, 5.74) is 3.33. The molecule has 0 bridgehead atoms. The fourth-order valence-electron chi connectivity index (χ4n) is 3.77.